The first-order valence-corrected chi connectivity index (χ1v) is 8.81. The van der Waals surface area contributed by atoms with Crippen molar-refractivity contribution in [2.45, 2.75) is 44.6 Å². The smallest absolute Gasteiger partial charge is 0.0725 e. The lowest BCUT2D eigenvalue weighted by molar-refractivity contribution is 0.335. The molecule has 0 aliphatic heterocycles. The van der Waals surface area contributed by atoms with Gasteiger partial charge in [0.15, 0.2) is 0 Å². The first-order chi connectivity index (χ1) is 10.3. The van der Waals surface area contributed by atoms with Crippen molar-refractivity contribution < 1.29 is 0 Å². The van der Waals surface area contributed by atoms with E-state index in [2.05, 4.69) is 58.6 Å². The number of rotatable bonds is 3. The zero-order chi connectivity index (χ0) is 14.7. The van der Waals surface area contributed by atoms with Crippen LogP contribution in [0.3, 0.4) is 0 Å². The molecule has 0 radical (unpaired) electrons. The number of nitrogens with one attached hydrogen (secondary N) is 1. The molecule has 3 rings (SSSR count). The molecule has 3 heteroatoms. The molecule has 0 bridgehead atoms. The summed E-state index contributed by atoms with van der Waals surface area (Å²) in [5, 5.41) is 4.73. The van der Waals surface area contributed by atoms with E-state index < -0.39 is 0 Å². The van der Waals surface area contributed by atoms with Gasteiger partial charge in [-0.3, -0.25) is 0 Å². The van der Waals surface area contributed by atoms with Crippen molar-refractivity contribution in [1.29, 1.82) is 0 Å². The van der Waals surface area contributed by atoms with Gasteiger partial charge in [-0.25, -0.2) is 4.98 Å². The number of para-hydroxylation sites is 1. The summed E-state index contributed by atoms with van der Waals surface area (Å²) in [6, 6.07) is 10.9. The Morgan fingerprint density at radius 3 is 2.57 bits per heavy atom. The summed E-state index contributed by atoms with van der Waals surface area (Å²) in [5.41, 5.74) is 2.26. The number of halogens is 1. The molecule has 1 aliphatic carbocycles. The minimum absolute atomic E-state index is 0.349. The predicted octanol–water partition coefficient (Wildman–Crippen LogP) is 5.23. The van der Waals surface area contributed by atoms with Crippen LogP contribution in [0.4, 0.5) is 0 Å². The lowest BCUT2D eigenvalue weighted by atomic mass is 9.89. The van der Waals surface area contributed by atoms with E-state index in [0.29, 0.717) is 12.0 Å². The second-order valence-electron chi connectivity index (χ2n) is 6.07. The van der Waals surface area contributed by atoms with E-state index in [1.165, 1.54) is 49.6 Å². The van der Waals surface area contributed by atoms with Gasteiger partial charge in [0.05, 0.1) is 17.3 Å². The molecule has 21 heavy (non-hydrogen) atoms. The second kappa shape index (κ2) is 6.89. The van der Waals surface area contributed by atoms with Crippen molar-refractivity contribution in [3.63, 3.8) is 0 Å². The number of hydrogen-bond acceptors (Lipinski definition) is 2. The third kappa shape index (κ3) is 3.29. The third-order valence-electron chi connectivity index (χ3n) is 4.68. The van der Waals surface area contributed by atoms with E-state index in [4.69, 9.17) is 4.98 Å². The summed E-state index contributed by atoms with van der Waals surface area (Å²) in [6.45, 7) is 0. The Balaban J connectivity index is 1.97. The molecule has 1 atom stereocenters. The quantitative estimate of drug-likeness (QED) is 0.769. The van der Waals surface area contributed by atoms with Gasteiger partial charge in [-0.2, -0.15) is 0 Å². The van der Waals surface area contributed by atoms with Crippen molar-refractivity contribution in [3.8, 4) is 0 Å². The van der Waals surface area contributed by atoms with Gasteiger partial charge in [0.2, 0.25) is 0 Å². The number of fused-ring (bicyclic) bond motifs is 1. The standard InChI is InChI=1S/C18H23BrN2/c1-20-17(13-8-4-2-3-5-9-13)18-15(19)12-14-10-6-7-11-16(14)21-18/h6-7,10-13,17,20H,2-5,8-9H2,1H3. The highest BCUT2D eigenvalue weighted by Crippen LogP contribution is 2.36. The van der Waals surface area contributed by atoms with Crippen molar-refractivity contribution in [2.24, 2.45) is 5.92 Å². The maximum Gasteiger partial charge on any atom is 0.0725 e. The highest BCUT2D eigenvalue weighted by atomic mass is 79.9. The van der Waals surface area contributed by atoms with Crippen molar-refractivity contribution in [2.75, 3.05) is 7.05 Å². The summed E-state index contributed by atoms with van der Waals surface area (Å²) in [7, 11) is 2.07. The van der Waals surface area contributed by atoms with E-state index in [0.717, 1.165) is 9.99 Å². The molecule has 1 aliphatic rings. The minimum atomic E-state index is 0.349. The van der Waals surface area contributed by atoms with Crippen molar-refractivity contribution >= 4 is 26.8 Å². The van der Waals surface area contributed by atoms with Crippen LogP contribution in [0.1, 0.15) is 50.3 Å². The fourth-order valence-electron chi connectivity index (χ4n) is 3.56. The molecule has 1 heterocycles. The molecule has 1 saturated carbocycles. The highest BCUT2D eigenvalue weighted by molar-refractivity contribution is 9.10. The SMILES string of the molecule is CNC(c1nc2ccccc2cc1Br)C1CCCCCC1. The Labute approximate surface area is 135 Å². The van der Waals surface area contributed by atoms with E-state index >= 15 is 0 Å². The molecule has 2 nitrogen and oxygen atoms in total. The topological polar surface area (TPSA) is 24.9 Å². The number of benzene rings is 1. The zero-order valence-corrected chi connectivity index (χ0v) is 14.2. The summed E-state index contributed by atoms with van der Waals surface area (Å²) >= 11 is 3.74. The van der Waals surface area contributed by atoms with E-state index in [1.54, 1.807) is 0 Å². The number of nitrogens with zero attached hydrogens (tertiary/aromatic N) is 1. The Morgan fingerprint density at radius 1 is 1.14 bits per heavy atom. The van der Waals surface area contributed by atoms with E-state index in [9.17, 15) is 0 Å². The fraction of sp³-hybridized carbons (Fsp3) is 0.500. The number of pyridine rings is 1. The third-order valence-corrected chi connectivity index (χ3v) is 5.32. The summed E-state index contributed by atoms with van der Waals surface area (Å²) < 4.78 is 1.13. The van der Waals surface area contributed by atoms with Gasteiger partial charge in [0, 0.05) is 9.86 Å². The van der Waals surface area contributed by atoms with E-state index in [1.807, 2.05) is 0 Å². The molecule has 1 fully saturated rings. The summed E-state index contributed by atoms with van der Waals surface area (Å²) in [6.07, 6.45) is 8.11. The normalized spacial score (nSPS) is 18.6. The minimum Gasteiger partial charge on any atom is -0.311 e. The van der Waals surface area contributed by atoms with Crippen LogP contribution in [0.25, 0.3) is 10.9 Å². The van der Waals surface area contributed by atoms with Gasteiger partial charge < -0.3 is 5.32 Å². The van der Waals surface area contributed by atoms with Gasteiger partial charge >= 0.3 is 0 Å². The Hall–Kier alpha value is -0.930. The van der Waals surface area contributed by atoms with Crippen LogP contribution in [-0.4, -0.2) is 12.0 Å². The van der Waals surface area contributed by atoms with Crippen LogP contribution >= 0.6 is 15.9 Å². The molecule has 1 aromatic carbocycles. The molecule has 1 aromatic heterocycles. The molecule has 1 N–H and O–H groups in total. The first-order valence-electron chi connectivity index (χ1n) is 8.02. The highest BCUT2D eigenvalue weighted by Gasteiger charge is 2.25. The second-order valence-corrected chi connectivity index (χ2v) is 6.92. The molecule has 1 unspecified atom stereocenters. The molecule has 0 amide bonds. The lowest BCUT2D eigenvalue weighted by Crippen LogP contribution is -2.26. The fourth-order valence-corrected chi connectivity index (χ4v) is 4.15. The van der Waals surface area contributed by atoms with Gasteiger partial charge in [0.25, 0.3) is 0 Å². The van der Waals surface area contributed by atoms with E-state index in [-0.39, 0.29) is 0 Å². The van der Waals surface area contributed by atoms with Crippen LogP contribution < -0.4 is 5.32 Å². The predicted molar refractivity (Wildman–Crippen MR) is 92.4 cm³/mol. The maximum atomic E-state index is 4.94. The maximum absolute atomic E-state index is 4.94. The Morgan fingerprint density at radius 2 is 1.86 bits per heavy atom. The number of hydrogen-bond donors (Lipinski definition) is 1. The Kier molecular flexibility index (Phi) is 4.91. The summed E-state index contributed by atoms with van der Waals surface area (Å²) in [5.74, 6) is 0.697. The largest absolute Gasteiger partial charge is 0.311 e. The van der Waals surface area contributed by atoms with Crippen LogP contribution in [0.2, 0.25) is 0 Å². The van der Waals surface area contributed by atoms with Gasteiger partial charge in [0.1, 0.15) is 0 Å². The number of aromatic nitrogens is 1. The van der Waals surface area contributed by atoms with Crippen LogP contribution in [0, 0.1) is 5.92 Å². The molecule has 112 valence electrons. The first kappa shape index (κ1) is 15.0. The Bertz CT molecular complexity index is 603. The lowest BCUT2D eigenvalue weighted by Gasteiger charge is -2.26. The van der Waals surface area contributed by atoms with Crippen molar-refractivity contribution in [3.05, 3.63) is 40.5 Å². The molecular weight excluding hydrogens is 324 g/mol. The van der Waals surface area contributed by atoms with Crippen LogP contribution in [0.15, 0.2) is 34.8 Å². The zero-order valence-electron chi connectivity index (χ0n) is 12.6. The monoisotopic (exact) mass is 346 g/mol. The average molecular weight is 347 g/mol. The molecule has 0 saturated heterocycles. The molecule has 2 aromatic rings. The van der Waals surface area contributed by atoms with Crippen LogP contribution in [-0.2, 0) is 0 Å². The van der Waals surface area contributed by atoms with Gasteiger partial charge in [-0.15, -0.1) is 0 Å². The average Bonchev–Trinajstić information content (AvgIpc) is 2.78. The van der Waals surface area contributed by atoms with Gasteiger partial charge in [-0.1, -0.05) is 43.9 Å². The van der Waals surface area contributed by atoms with Gasteiger partial charge in [-0.05, 0) is 53.9 Å². The van der Waals surface area contributed by atoms with Crippen LogP contribution in [0.5, 0.6) is 0 Å². The summed E-state index contributed by atoms with van der Waals surface area (Å²) in [4.78, 5) is 4.94. The molecule has 0 spiro atoms. The van der Waals surface area contributed by atoms with Crippen molar-refractivity contribution in [1.82, 2.24) is 10.3 Å². The molecular formula is C18H23BrN2.